The first kappa shape index (κ1) is 23.9. The molecule has 4 rings (SSSR count). The molecule has 1 aliphatic rings. The Labute approximate surface area is 195 Å². The maximum Gasteiger partial charge on any atom is 0.324 e. The number of carbonyl (C=O) groups excluding carboxylic acids is 1. The summed E-state index contributed by atoms with van der Waals surface area (Å²) in [5, 5.41) is 3.54. The van der Waals surface area contributed by atoms with Crippen molar-refractivity contribution in [3.05, 3.63) is 47.1 Å². The zero-order valence-electron chi connectivity index (χ0n) is 19.7. The smallest absolute Gasteiger partial charge is 0.324 e. The van der Waals surface area contributed by atoms with Gasteiger partial charge in [0.05, 0.1) is 16.1 Å². The van der Waals surface area contributed by atoms with Crippen LogP contribution < -0.4 is 10.2 Å². The number of rotatable bonds is 2. The van der Waals surface area contributed by atoms with Crippen LogP contribution in [-0.2, 0) is 5.41 Å². The maximum atomic E-state index is 12.9. The van der Waals surface area contributed by atoms with Crippen LogP contribution in [0.3, 0.4) is 0 Å². The number of H-pyrrole nitrogens is 1. The Bertz CT molecular complexity index is 1070. The van der Waals surface area contributed by atoms with E-state index in [0.29, 0.717) is 30.6 Å². The molecule has 1 atom stereocenters. The summed E-state index contributed by atoms with van der Waals surface area (Å²) in [6.45, 7) is 14.5. The predicted molar refractivity (Wildman–Crippen MR) is 133 cm³/mol. The lowest BCUT2D eigenvalue weighted by Gasteiger charge is -2.40. The van der Waals surface area contributed by atoms with Crippen LogP contribution in [0.15, 0.2) is 36.5 Å². The Kier molecular flexibility index (Phi) is 7.29. The molecule has 2 aromatic heterocycles. The van der Waals surface area contributed by atoms with Gasteiger partial charge in [0, 0.05) is 31.9 Å². The van der Waals surface area contributed by atoms with Crippen molar-refractivity contribution in [3.63, 3.8) is 0 Å². The summed E-state index contributed by atoms with van der Waals surface area (Å²) < 4.78 is 0. The summed E-state index contributed by atoms with van der Waals surface area (Å²) in [6, 6.07) is 9.66. The minimum absolute atomic E-state index is 0.00805. The van der Waals surface area contributed by atoms with E-state index in [1.807, 2.05) is 43.9 Å². The molecule has 1 saturated heterocycles. The second-order valence-corrected chi connectivity index (χ2v) is 9.20. The van der Waals surface area contributed by atoms with Gasteiger partial charge in [-0.2, -0.15) is 0 Å². The summed E-state index contributed by atoms with van der Waals surface area (Å²) in [5.74, 6) is 1.22. The average Bonchev–Trinajstić information content (AvgIpc) is 3.16. The summed E-state index contributed by atoms with van der Waals surface area (Å²) in [4.78, 5) is 29.0. The molecule has 0 aliphatic carbocycles. The molecule has 0 radical (unpaired) electrons. The molecule has 2 N–H and O–H groups in total. The van der Waals surface area contributed by atoms with E-state index >= 15 is 0 Å². The van der Waals surface area contributed by atoms with Gasteiger partial charge in [0.1, 0.15) is 5.82 Å². The van der Waals surface area contributed by atoms with Gasteiger partial charge in [-0.15, -0.1) is 0 Å². The molecule has 1 fully saturated rings. The van der Waals surface area contributed by atoms with Crippen LogP contribution in [0.1, 0.15) is 47.1 Å². The molecule has 32 heavy (non-hydrogen) atoms. The van der Waals surface area contributed by atoms with E-state index in [1.165, 1.54) is 5.56 Å². The molecule has 2 amide bonds. The summed E-state index contributed by atoms with van der Waals surface area (Å²) in [6.07, 6.45) is 1.73. The maximum absolute atomic E-state index is 12.9. The van der Waals surface area contributed by atoms with E-state index in [4.69, 9.17) is 11.6 Å². The fourth-order valence-electron chi connectivity index (χ4n) is 3.77. The third-order valence-electron chi connectivity index (χ3n) is 5.50. The fourth-order valence-corrected chi connectivity index (χ4v) is 4.01. The number of nitrogens with one attached hydrogen (secondary N) is 2. The molecule has 172 valence electrons. The van der Waals surface area contributed by atoms with Gasteiger partial charge in [-0.25, -0.2) is 14.8 Å². The molecule has 1 aromatic carbocycles. The zero-order valence-corrected chi connectivity index (χ0v) is 20.5. The molecule has 0 bridgehead atoms. The number of hydrogen-bond donors (Lipinski definition) is 2. The Morgan fingerprint density at radius 3 is 2.62 bits per heavy atom. The van der Waals surface area contributed by atoms with E-state index in [2.05, 4.69) is 58.1 Å². The SMILES string of the molecule is CC.CC1CN(c2ncccc2Cl)CCN1C(=O)Nc1nc2ccc(C(C)(C)C)cc2[nH]1. The first-order valence-corrected chi connectivity index (χ1v) is 11.5. The minimum atomic E-state index is -0.163. The quantitative estimate of drug-likeness (QED) is 0.520. The first-order chi connectivity index (χ1) is 15.2. The predicted octanol–water partition coefficient (Wildman–Crippen LogP) is 5.68. The largest absolute Gasteiger partial charge is 0.352 e. The van der Waals surface area contributed by atoms with Gasteiger partial charge < -0.3 is 14.8 Å². The number of nitrogens with zero attached hydrogens (tertiary/aromatic N) is 4. The van der Waals surface area contributed by atoms with Crippen molar-refractivity contribution in [2.45, 2.75) is 53.0 Å². The third kappa shape index (κ3) is 5.15. The highest BCUT2D eigenvalue weighted by Crippen LogP contribution is 2.27. The van der Waals surface area contributed by atoms with Crippen molar-refractivity contribution >= 4 is 40.4 Å². The van der Waals surface area contributed by atoms with E-state index in [-0.39, 0.29) is 17.5 Å². The number of aromatic nitrogens is 3. The van der Waals surface area contributed by atoms with Crippen LogP contribution in [0.5, 0.6) is 0 Å². The number of benzene rings is 1. The topological polar surface area (TPSA) is 77.2 Å². The number of halogens is 1. The Morgan fingerprint density at radius 1 is 1.22 bits per heavy atom. The molecular weight excluding hydrogens is 424 g/mol. The molecule has 3 heterocycles. The van der Waals surface area contributed by atoms with Gasteiger partial charge in [0.25, 0.3) is 0 Å². The van der Waals surface area contributed by atoms with Crippen LogP contribution >= 0.6 is 11.6 Å². The van der Waals surface area contributed by atoms with Crippen LogP contribution in [0.2, 0.25) is 5.02 Å². The van der Waals surface area contributed by atoms with Crippen molar-refractivity contribution < 1.29 is 4.79 Å². The highest BCUT2D eigenvalue weighted by molar-refractivity contribution is 6.32. The highest BCUT2D eigenvalue weighted by Gasteiger charge is 2.29. The van der Waals surface area contributed by atoms with Gasteiger partial charge >= 0.3 is 6.03 Å². The molecule has 3 aromatic rings. The van der Waals surface area contributed by atoms with Crippen molar-refractivity contribution in [2.75, 3.05) is 29.9 Å². The Morgan fingerprint density at radius 2 is 1.97 bits per heavy atom. The zero-order chi connectivity index (χ0) is 23.5. The molecule has 0 spiro atoms. The van der Waals surface area contributed by atoms with E-state index in [1.54, 1.807) is 6.20 Å². The number of pyridine rings is 1. The average molecular weight is 457 g/mol. The van der Waals surface area contributed by atoms with Gasteiger partial charge in [-0.3, -0.25) is 5.32 Å². The van der Waals surface area contributed by atoms with Crippen LogP contribution in [0.4, 0.5) is 16.6 Å². The molecule has 0 saturated carbocycles. The first-order valence-electron chi connectivity index (χ1n) is 11.2. The number of aromatic amines is 1. The molecule has 8 heteroatoms. The fraction of sp³-hybridized carbons (Fsp3) is 0.458. The number of piperazine rings is 1. The second kappa shape index (κ2) is 9.77. The molecule has 7 nitrogen and oxygen atoms in total. The van der Waals surface area contributed by atoms with Crippen LogP contribution in [0, 0.1) is 0 Å². The van der Waals surface area contributed by atoms with Crippen LogP contribution in [0.25, 0.3) is 11.0 Å². The summed E-state index contributed by atoms with van der Waals surface area (Å²) in [5.41, 5.74) is 3.02. The number of imidazole rings is 1. The third-order valence-corrected chi connectivity index (χ3v) is 5.80. The number of urea groups is 1. The molecular formula is C24H33ClN6O. The lowest BCUT2D eigenvalue weighted by atomic mass is 9.87. The number of hydrogen-bond acceptors (Lipinski definition) is 4. The standard InChI is InChI=1S/C22H27ClN6O.C2H6/c1-14-13-28(19-16(23)6-5-9-24-19)10-11-29(14)21(30)27-20-25-17-8-7-15(22(2,3)4)12-18(17)26-20;1-2/h5-9,12,14H,10-11,13H2,1-4H3,(H2,25,26,27,30);1-2H3. The molecule has 1 aliphatic heterocycles. The monoisotopic (exact) mass is 456 g/mol. The highest BCUT2D eigenvalue weighted by atomic mass is 35.5. The van der Waals surface area contributed by atoms with Crippen molar-refractivity contribution in [1.29, 1.82) is 0 Å². The van der Waals surface area contributed by atoms with Gasteiger partial charge in [-0.05, 0) is 42.2 Å². The lowest BCUT2D eigenvalue weighted by Crippen LogP contribution is -2.55. The van der Waals surface area contributed by atoms with Crippen molar-refractivity contribution in [2.24, 2.45) is 0 Å². The Balaban J connectivity index is 0.00000141. The second-order valence-electron chi connectivity index (χ2n) is 8.79. The summed E-state index contributed by atoms with van der Waals surface area (Å²) >= 11 is 6.28. The molecule has 1 unspecified atom stereocenters. The van der Waals surface area contributed by atoms with Crippen LogP contribution in [-0.4, -0.2) is 51.6 Å². The van der Waals surface area contributed by atoms with E-state index in [9.17, 15) is 4.79 Å². The number of fused-ring (bicyclic) bond motifs is 1. The van der Waals surface area contributed by atoms with E-state index < -0.39 is 0 Å². The van der Waals surface area contributed by atoms with Gasteiger partial charge in [-0.1, -0.05) is 52.3 Å². The van der Waals surface area contributed by atoms with Gasteiger partial charge in [0.2, 0.25) is 5.95 Å². The van der Waals surface area contributed by atoms with Crippen molar-refractivity contribution in [3.8, 4) is 0 Å². The minimum Gasteiger partial charge on any atom is -0.352 e. The number of amides is 2. The van der Waals surface area contributed by atoms with E-state index in [0.717, 1.165) is 16.9 Å². The summed E-state index contributed by atoms with van der Waals surface area (Å²) in [7, 11) is 0. The Hall–Kier alpha value is -2.80. The number of carbonyl (C=O) groups is 1. The lowest BCUT2D eigenvalue weighted by molar-refractivity contribution is 0.184. The number of anilines is 2. The normalized spacial score (nSPS) is 16.5. The van der Waals surface area contributed by atoms with Crippen molar-refractivity contribution in [1.82, 2.24) is 19.9 Å². The van der Waals surface area contributed by atoms with Gasteiger partial charge in [0.15, 0.2) is 0 Å².